The number of nitrogens with zero attached hydrogens (tertiary/aromatic N) is 2. The second kappa shape index (κ2) is 12.2. The number of anilines is 1. The molecule has 0 bridgehead atoms. The van der Waals surface area contributed by atoms with E-state index in [1.807, 2.05) is 0 Å². The third-order valence-corrected chi connectivity index (χ3v) is 2.82. The minimum Gasteiger partial charge on any atom is -0.487 e. The number of benzene rings is 1. The Balaban J connectivity index is 0.00000100. The minimum atomic E-state index is -3.67. The molecule has 2 aromatic rings. The highest BCUT2D eigenvalue weighted by Crippen LogP contribution is 2.33. The van der Waals surface area contributed by atoms with Crippen LogP contribution in [0.25, 0.3) is 10.9 Å². The molecule has 1 aromatic heterocycles. The van der Waals surface area contributed by atoms with Gasteiger partial charge in [-0.3, -0.25) is 4.55 Å². The van der Waals surface area contributed by atoms with E-state index < -0.39 is 10.1 Å². The standard InChI is InChI=1S/C14H19N3O4.CH4O3S.H2O/c1-18-3-5-20-12-7-10-11(16-9-17-14(10)15)8-13(12)21-6-4-19-2;1-5(2,3)4;/h7-9H,3-6H2,1-2H3,(H2,15,16,17);1H3,(H,2,3,4);1H2. The van der Waals surface area contributed by atoms with Crippen molar-refractivity contribution in [2.24, 2.45) is 0 Å². The summed E-state index contributed by atoms with van der Waals surface area (Å²) in [6, 6.07) is 3.56. The lowest BCUT2D eigenvalue weighted by molar-refractivity contribution is 0.132. The van der Waals surface area contributed by atoms with Crippen LogP contribution in [0, 0.1) is 0 Å². The Labute approximate surface area is 157 Å². The molecule has 1 aromatic carbocycles. The van der Waals surface area contributed by atoms with Gasteiger partial charge in [0.2, 0.25) is 0 Å². The molecule has 0 aliphatic rings. The molecular formula is C15H25N3O8S. The molecule has 2 rings (SSSR count). The number of hydrogen-bond donors (Lipinski definition) is 2. The molecule has 0 saturated heterocycles. The lowest BCUT2D eigenvalue weighted by atomic mass is 10.2. The smallest absolute Gasteiger partial charge is 0.261 e. The molecule has 5 N–H and O–H groups in total. The first-order valence-corrected chi connectivity index (χ1v) is 9.31. The highest BCUT2D eigenvalue weighted by Gasteiger charge is 2.11. The molecule has 0 unspecified atom stereocenters. The molecule has 0 atom stereocenters. The van der Waals surface area contributed by atoms with Crippen LogP contribution in [0.3, 0.4) is 0 Å². The zero-order valence-corrected chi connectivity index (χ0v) is 16.2. The summed E-state index contributed by atoms with van der Waals surface area (Å²) in [5.41, 5.74) is 6.56. The first-order valence-electron chi connectivity index (χ1n) is 7.46. The number of methoxy groups -OCH3 is 2. The van der Waals surface area contributed by atoms with Gasteiger partial charge in [0.25, 0.3) is 10.1 Å². The highest BCUT2D eigenvalue weighted by molar-refractivity contribution is 7.85. The van der Waals surface area contributed by atoms with E-state index >= 15 is 0 Å². The summed E-state index contributed by atoms with van der Waals surface area (Å²) < 4.78 is 47.2. The number of nitrogen functional groups attached to an aromatic ring is 1. The summed E-state index contributed by atoms with van der Waals surface area (Å²) in [5, 5.41) is 0.726. The predicted molar refractivity (Wildman–Crippen MR) is 99.8 cm³/mol. The average Bonchev–Trinajstić information content (AvgIpc) is 2.55. The van der Waals surface area contributed by atoms with Gasteiger partial charge in [0.05, 0.1) is 25.0 Å². The summed E-state index contributed by atoms with van der Waals surface area (Å²) >= 11 is 0. The lowest BCUT2D eigenvalue weighted by Crippen LogP contribution is -2.09. The number of rotatable bonds is 8. The molecular weight excluding hydrogens is 382 g/mol. The van der Waals surface area contributed by atoms with Crippen LogP contribution in [-0.4, -0.2) is 75.3 Å². The number of aromatic nitrogens is 2. The van der Waals surface area contributed by atoms with Crippen LogP contribution in [-0.2, 0) is 19.6 Å². The molecule has 11 nitrogen and oxygen atoms in total. The van der Waals surface area contributed by atoms with Gasteiger partial charge in [-0.1, -0.05) is 0 Å². The first-order chi connectivity index (χ1) is 12.3. The fraction of sp³-hybridized carbons (Fsp3) is 0.467. The van der Waals surface area contributed by atoms with Crippen molar-refractivity contribution in [2.45, 2.75) is 0 Å². The molecule has 0 saturated carbocycles. The van der Waals surface area contributed by atoms with Crippen molar-refractivity contribution in [1.82, 2.24) is 9.97 Å². The molecule has 154 valence electrons. The molecule has 1 heterocycles. The molecule has 0 fully saturated rings. The summed E-state index contributed by atoms with van der Waals surface area (Å²) in [6.45, 7) is 1.80. The predicted octanol–water partition coefficient (Wildman–Crippen LogP) is -0.0583. The Morgan fingerprint density at radius 2 is 1.48 bits per heavy atom. The summed E-state index contributed by atoms with van der Waals surface area (Å²) in [4.78, 5) is 8.16. The van der Waals surface area contributed by atoms with Gasteiger partial charge in [0.15, 0.2) is 11.5 Å². The van der Waals surface area contributed by atoms with E-state index in [-0.39, 0.29) is 5.48 Å². The molecule has 0 aliphatic carbocycles. The Morgan fingerprint density at radius 1 is 1.00 bits per heavy atom. The van der Waals surface area contributed by atoms with Crippen LogP contribution < -0.4 is 15.2 Å². The maximum absolute atomic E-state index is 9.19. The second-order valence-electron chi connectivity index (χ2n) is 4.99. The van der Waals surface area contributed by atoms with E-state index in [2.05, 4.69) is 9.97 Å². The van der Waals surface area contributed by atoms with E-state index in [1.54, 1.807) is 26.4 Å². The largest absolute Gasteiger partial charge is 0.487 e. The maximum atomic E-state index is 9.19. The van der Waals surface area contributed by atoms with Gasteiger partial charge in [-0.15, -0.1) is 0 Å². The SMILES string of the molecule is COCCOc1cc2ncnc(N)c2cc1OCCOC.CS(=O)(=O)O.O. The van der Waals surface area contributed by atoms with E-state index in [1.165, 1.54) is 6.33 Å². The highest BCUT2D eigenvalue weighted by atomic mass is 32.2. The third-order valence-electron chi connectivity index (χ3n) is 2.82. The average molecular weight is 407 g/mol. The minimum absolute atomic E-state index is 0. The molecule has 12 heteroatoms. The molecule has 0 spiro atoms. The van der Waals surface area contributed by atoms with Gasteiger partial charge in [-0.05, 0) is 6.07 Å². The lowest BCUT2D eigenvalue weighted by Gasteiger charge is -2.14. The Morgan fingerprint density at radius 3 is 1.96 bits per heavy atom. The monoisotopic (exact) mass is 407 g/mol. The summed E-state index contributed by atoms with van der Waals surface area (Å²) in [7, 11) is -0.431. The van der Waals surface area contributed by atoms with Crippen LogP contribution >= 0.6 is 0 Å². The zero-order chi connectivity index (χ0) is 19.6. The van der Waals surface area contributed by atoms with E-state index in [4.69, 9.17) is 29.2 Å². The number of fused-ring (bicyclic) bond motifs is 1. The third kappa shape index (κ3) is 9.86. The number of ether oxygens (including phenoxy) is 4. The van der Waals surface area contributed by atoms with Crippen molar-refractivity contribution in [3.8, 4) is 11.5 Å². The van der Waals surface area contributed by atoms with Crippen LogP contribution in [0.2, 0.25) is 0 Å². The van der Waals surface area contributed by atoms with Crippen LogP contribution in [0.15, 0.2) is 18.5 Å². The Kier molecular flexibility index (Phi) is 11.2. The van der Waals surface area contributed by atoms with Crippen molar-refractivity contribution >= 4 is 26.8 Å². The first kappa shape index (κ1) is 24.8. The van der Waals surface area contributed by atoms with Crippen molar-refractivity contribution in [3.63, 3.8) is 0 Å². The van der Waals surface area contributed by atoms with E-state index in [0.29, 0.717) is 55.5 Å². The van der Waals surface area contributed by atoms with Gasteiger partial charge < -0.3 is 30.2 Å². The van der Waals surface area contributed by atoms with Crippen molar-refractivity contribution in [2.75, 3.05) is 52.6 Å². The topological polar surface area (TPSA) is 175 Å². The fourth-order valence-electron chi connectivity index (χ4n) is 1.78. The Hall–Kier alpha value is -2.25. The van der Waals surface area contributed by atoms with E-state index in [0.717, 1.165) is 5.39 Å². The van der Waals surface area contributed by atoms with Gasteiger partial charge in [0, 0.05) is 25.7 Å². The van der Waals surface area contributed by atoms with Gasteiger partial charge in [0.1, 0.15) is 25.4 Å². The van der Waals surface area contributed by atoms with E-state index in [9.17, 15) is 8.42 Å². The molecule has 0 aliphatic heterocycles. The van der Waals surface area contributed by atoms with Gasteiger partial charge in [-0.25, -0.2) is 9.97 Å². The van der Waals surface area contributed by atoms with Crippen LogP contribution in [0.5, 0.6) is 11.5 Å². The van der Waals surface area contributed by atoms with Crippen molar-refractivity contribution < 1.29 is 37.4 Å². The summed E-state index contributed by atoms with van der Waals surface area (Å²) in [5.74, 6) is 1.57. The number of hydrogen-bond acceptors (Lipinski definition) is 9. The zero-order valence-electron chi connectivity index (χ0n) is 15.3. The van der Waals surface area contributed by atoms with Crippen LogP contribution in [0.1, 0.15) is 0 Å². The van der Waals surface area contributed by atoms with Crippen LogP contribution in [0.4, 0.5) is 5.82 Å². The van der Waals surface area contributed by atoms with Crippen molar-refractivity contribution in [3.05, 3.63) is 18.5 Å². The maximum Gasteiger partial charge on any atom is 0.261 e. The number of nitrogens with two attached hydrogens (primary N) is 1. The molecule has 0 amide bonds. The normalized spacial score (nSPS) is 10.5. The molecule has 27 heavy (non-hydrogen) atoms. The van der Waals surface area contributed by atoms with Gasteiger partial charge >= 0.3 is 0 Å². The Bertz CT molecular complexity index is 793. The molecule has 0 radical (unpaired) electrons. The van der Waals surface area contributed by atoms with Gasteiger partial charge in [-0.2, -0.15) is 8.42 Å². The fourth-order valence-corrected chi connectivity index (χ4v) is 1.78. The summed E-state index contributed by atoms with van der Waals surface area (Å²) in [6.07, 6.45) is 2.13. The second-order valence-corrected chi connectivity index (χ2v) is 6.46. The van der Waals surface area contributed by atoms with Crippen molar-refractivity contribution in [1.29, 1.82) is 0 Å². The quantitative estimate of drug-likeness (QED) is 0.445.